The molecule has 4 atom stereocenters. The van der Waals surface area contributed by atoms with Gasteiger partial charge >= 0.3 is 0 Å². The molecule has 0 radical (unpaired) electrons. The molecule has 1 saturated heterocycles. The van der Waals surface area contributed by atoms with Gasteiger partial charge in [-0.15, -0.1) is 6.58 Å². The fourth-order valence-corrected chi connectivity index (χ4v) is 4.84. The Kier molecular flexibility index (Phi) is 5.14. The van der Waals surface area contributed by atoms with Crippen LogP contribution in [-0.4, -0.2) is 56.0 Å². The highest BCUT2D eigenvalue weighted by Gasteiger charge is 2.34. The Bertz CT molecular complexity index is 657. The van der Waals surface area contributed by atoms with Gasteiger partial charge in [0.1, 0.15) is 0 Å². The van der Waals surface area contributed by atoms with E-state index in [2.05, 4.69) is 11.5 Å². The second-order valence-electron chi connectivity index (χ2n) is 6.63. The quantitative estimate of drug-likeness (QED) is 0.771. The minimum absolute atomic E-state index is 0.0884. The molecule has 1 N–H and O–H groups in total. The number of fused-ring (bicyclic) bond motifs is 4. The van der Waals surface area contributed by atoms with Gasteiger partial charge < -0.3 is 9.67 Å². The molecule has 2 aliphatic heterocycles. The normalized spacial score (nSPS) is 26.3. The Balaban J connectivity index is 1.65. The number of likely N-dealkylation sites (tertiary alicyclic amines) is 1. The summed E-state index contributed by atoms with van der Waals surface area (Å²) in [5.74, 6) is 1.53. The van der Waals surface area contributed by atoms with Gasteiger partial charge in [-0.2, -0.15) is 0 Å². The van der Waals surface area contributed by atoms with Crippen LogP contribution >= 0.6 is 0 Å². The van der Waals surface area contributed by atoms with Gasteiger partial charge in [-0.1, -0.05) is 12.1 Å². The molecule has 1 aromatic rings. The number of pyridine rings is 1. The number of aromatic nitrogens is 1. The van der Waals surface area contributed by atoms with Crippen LogP contribution < -0.4 is 5.56 Å². The lowest BCUT2D eigenvalue weighted by Crippen LogP contribution is -2.49. The van der Waals surface area contributed by atoms with Crippen LogP contribution in [0, 0.1) is 5.92 Å². The molecular weight excluding hydrogens is 312 g/mol. The summed E-state index contributed by atoms with van der Waals surface area (Å²) in [6, 6.07) is 5.50. The zero-order valence-corrected chi connectivity index (χ0v) is 14.1. The number of hydrogen-bond donors (Lipinski definition) is 1. The Labute approximate surface area is 139 Å². The van der Waals surface area contributed by atoms with E-state index in [-0.39, 0.29) is 5.56 Å². The van der Waals surface area contributed by atoms with Crippen molar-refractivity contribution in [3.05, 3.63) is 46.9 Å². The first-order valence-corrected chi connectivity index (χ1v) is 9.61. The number of aliphatic hydroxyl groups excluding tert-OH is 1. The van der Waals surface area contributed by atoms with Crippen molar-refractivity contribution in [2.75, 3.05) is 31.1 Å². The van der Waals surface area contributed by atoms with Gasteiger partial charge in [-0.3, -0.25) is 13.9 Å². The predicted molar refractivity (Wildman–Crippen MR) is 92.1 cm³/mol. The first-order valence-electron chi connectivity index (χ1n) is 8.13. The topological polar surface area (TPSA) is 62.5 Å². The molecule has 0 spiro atoms. The van der Waals surface area contributed by atoms with Crippen LogP contribution in [0.1, 0.15) is 18.0 Å². The van der Waals surface area contributed by atoms with Gasteiger partial charge in [0.15, 0.2) is 0 Å². The Hall–Kier alpha value is -1.24. The van der Waals surface area contributed by atoms with Crippen LogP contribution in [-0.2, 0) is 17.3 Å². The summed E-state index contributed by atoms with van der Waals surface area (Å²) in [6.07, 6.45) is 2.16. The van der Waals surface area contributed by atoms with E-state index in [1.54, 1.807) is 12.1 Å². The van der Waals surface area contributed by atoms with Crippen molar-refractivity contribution in [1.82, 2.24) is 9.47 Å². The highest BCUT2D eigenvalue weighted by atomic mass is 32.2. The number of piperidine rings is 1. The monoisotopic (exact) mass is 336 g/mol. The average Bonchev–Trinajstić information content (AvgIpc) is 2.48. The molecular formula is C17H24N2O3S. The summed E-state index contributed by atoms with van der Waals surface area (Å²) in [7, 11) is -1.04. The third-order valence-corrected chi connectivity index (χ3v) is 6.07. The van der Waals surface area contributed by atoms with Crippen LogP contribution in [0.15, 0.2) is 35.6 Å². The molecule has 0 aliphatic carbocycles. The van der Waals surface area contributed by atoms with E-state index in [0.717, 1.165) is 31.7 Å². The van der Waals surface area contributed by atoms with Crippen molar-refractivity contribution in [3.63, 3.8) is 0 Å². The predicted octanol–water partition coefficient (Wildman–Crippen LogP) is 0.563. The molecule has 5 nitrogen and oxygen atoms in total. The van der Waals surface area contributed by atoms with Crippen molar-refractivity contribution in [2.24, 2.45) is 5.92 Å². The van der Waals surface area contributed by atoms with Gasteiger partial charge in [0.2, 0.25) is 0 Å². The Morgan fingerprint density at radius 1 is 1.39 bits per heavy atom. The first kappa shape index (κ1) is 16.6. The van der Waals surface area contributed by atoms with E-state index in [4.69, 9.17) is 0 Å². The zero-order chi connectivity index (χ0) is 16.4. The second-order valence-corrected chi connectivity index (χ2v) is 8.18. The molecule has 1 aromatic heterocycles. The molecule has 0 unspecified atom stereocenters. The standard InChI is InChI=1S/C17H24N2O3S/c1-2-6-23(22)12-15(20)11-18-8-13-7-14(10-18)16-4-3-5-17(21)19(16)9-13/h2-5,13-15,20H,1,6-12H2/t13-,14-,15-,23+/m0/s1. The first-order chi connectivity index (χ1) is 11.1. The Morgan fingerprint density at radius 3 is 3.00 bits per heavy atom. The van der Waals surface area contributed by atoms with Crippen molar-refractivity contribution < 1.29 is 9.32 Å². The van der Waals surface area contributed by atoms with Gasteiger partial charge in [-0.05, 0) is 18.4 Å². The van der Waals surface area contributed by atoms with Crippen molar-refractivity contribution in [2.45, 2.75) is 25.0 Å². The van der Waals surface area contributed by atoms with Crippen LogP contribution in [0.5, 0.6) is 0 Å². The summed E-state index contributed by atoms with van der Waals surface area (Å²) in [5, 5.41) is 10.2. The second kappa shape index (κ2) is 7.11. The largest absolute Gasteiger partial charge is 0.391 e. The maximum atomic E-state index is 12.0. The van der Waals surface area contributed by atoms with Gasteiger partial charge in [-0.25, -0.2) is 0 Å². The van der Waals surface area contributed by atoms with Gasteiger partial charge in [0.25, 0.3) is 5.56 Å². The lowest BCUT2D eigenvalue weighted by molar-refractivity contribution is 0.0714. The summed E-state index contributed by atoms with van der Waals surface area (Å²) >= 11 is 0. The molecule has 6 heteroatoms. The highest BCUT2D eigenvalue weighted by Crippen LogP contribution is 2.34. The smallest absolute Gasteiger partial charge is 0.250 e. The van der Waals surface area contributed by atoms with E-state index < -0.39 is 16.9 Å². The molecule has 23 heavy (non-hydrogen) atoms. The van der Waals surface area contributed by atoms with E-state index in [0.29, 0.717) is 29.9 Å². The molecule has 2 bridgehead atoms. The van der Waals surface area contributed by atoms with E-state index in [1.807, 2.05) is 16.7 Å². The van der Waals surface area contributed by atoms with Crippen LogP contribution in [0.4, 0.5) is 0 Å². The van der Waals surface area contributed by atoms with Crippen molar-refractivity contribution in [1.29, 1.82) is 0 Å². The lowest BCUT2D eigenvalue weighted by Gasteiger charge is -2.43. The number of β-amino-alcohol motifs (C(OH)–C–C–N with tert-alkyl or cyclic N) is 1. The van der Waals surface area contributed by atoms with Crippen molar-refractivity contribution >= 4 is 10.8 Å². The fourth-order valence-electron chi connectivity index (χ4n) is 3.91. The number of aliphatic hydroxyl groups is 1. The van der Waals surface area contributed by atoms with Crippen LogP contribution in [0.25, 0.3) is 0 Å². The summed E-state index contributed by atoms with van der Waals surface area (Å²) < 4.78 is 13.6. The molecule has 3 rings (SSSR count). The van der Waals surface area contributed by atoms with Crippen LogP contribution in [0.2, 0.25) is 0 Å². The Morgan fingerprint density at radius 2 is 2.22 bits per heavy atom. The summed E-state index contributed by atoms with van der Waals surface area (Å²) in [4.78, 5) is 14.3. The molecule has 2 aliphatic rings. The SMILES string of the molecule is C=CC[S@@](=O)C[C@@H](O)CN1C[C@@H]2C[C@@H](C1)c1cccc(=O)n1C2. The average molecular weight is 336 g/mol. The minimum Gasteiger partial charge on any atom is -0.391 e. The molecule has 3 heterocycles. The van der Waals surface area contributed by atoms with Crippen LogP contribution in [0.3, 0.4) is 0 Å². The third-order valence-electron chi connectivity index (χ3n) is 4.71. The number of hydrogen-bond acceptors (Lipinski definition) is 4. The maximum Gasteiger partial charge on any atom is 0.250 e. The summed E-state index contributed by atoms with van der Waals surface area (Å²) in [6.45, 7) is 6.63. The van der Waals surface area contributed by atoms with E-state index in [9.17, 15) is 14.1 Å². The number of nitrogens with zero attached hydrogens (tertiary/aromatic N) is 2. The number of rotatable bonds is 6. The highest BCUT2D eigenvalue weighted by molar-refractivity contribution is 7.85. The third kappa shape index (κ3) is 3.82. The fraction of sp³-hybridized carbons (Fsp3) is 0.588. The van der Waals surface area contributed by atoms with Gasteiger partial charge in [0, 0.05) is 60.4 Å². The molecule has 0 amide bonds. The summed E-state index contributed by atoms with van der Waals surface area (Å²) in [5.41, 5.74) is 1.20. The molecule has 1 fully saturated rings. The van der Waals surface area contributed by atoms with Gasteiger partial charge in [0.05, 0.1) is 11.9 Å². The molecule has 126 valence electrons. The lowest BCUT2D eigenvalue weighted by atomic mass is 9.83. The zero-order valence-electron chi connectivity index (χ0n) is 13.3. The van der Waals surface area contributed by atoms with E-state index in [1.165, 1.54) is 0 Å². The van der Waals surface area contributed by atoms with Crippen molar-refractivity contribution in [3.8, 4) is 0 Å². The van der Waals surface area contributed by atoms with E-state index >= 15 is 0 Å². The molecule has 0 aromatic carbocycles. The maximum absolute atomic E-state index is 12.0. The minimum atomic E-state index is -1.04. The molecule has 0 saturated carbocycles.